The molecule has 7 heteroatoms. The lowest BCUT2D eigenvalue weighted by atomic mass is 9.90. The highest BCUT2D eigenvalue weighted by atomic mass is 32.1. The summed E-state index contributed by atoms with van der Waals surface area (Å²) < 4.78 is 0. The Kier molecular flexibility index (Phi) is 5.11. The average molecular weight is 482 g/mol. The Morgan fingerprint density at radius 1 is 1.09 bits per heavy atom. The second-order valence-corrected chi connectivity index (χ2v) is 10.5. The molecule has 0 bridgehead atoms. The topological polar surface area (TPSA) is 72.8 Å². The van der Waals surface area contributed by atoms with Crippen molar-refractivity contribution >= 4 is 45.6 Å². The van der Waals surface area contributed by atoms with Crippen molar-refractivity contribution in [2.75, 3.05) is 25.6 Å². The van der Waals surface area contributed by atoms with Gasteiger partial charge in [-0.05, 0) is 67.8 Å². The van der Waals surface area contributed by atoms with Crippen molar-refractivity contribution in [3.8, 4) is 10.4 Å². The molecule has 2 aliphatic rings. The average Bonchev–Trinajstić information content (AvgIpc) is 3.58. The number of hydrazone groups is 1. The minimum atomic E-state index is 0.102. The van der Waals surface area contributed by atoms with Crippen LogP contribution in [0.1, 0.15) is 50.5 Å². The molecule has 6 rings (SSSR count). The lowest BCUT2D eigenvalue weighted by Gasteiger charge is -2.22. The van der Waals surface area contributed by atoms with Gasteiger partial charge in [0.1, 0.15) is 6.67 Å². The molecule has 0 saturated heterocycles. The van der Waals surface area contributed by atoms with Gasteiger partial charge in [-0.3, -0.25) is 14.8 Å². The number of ketones is 1. The fourth-order valence-electron chi connectivity index (χ4n) is 5.11. The standard InChI is InChI=1S/C28H27N5OS/c1-15-5-6-19(26-8-7-25(35-26)17(3)34)21-11-24(32-27(15)21)28-22-10-20(18-12-31-33(4)13-18)16(2)9-23(22)29-14-30-28/h5-12,18,29,32H,13-14H2,1-4H3. The molecule has 2 aliphatic heterocycles. The largest absolute Gasteiger partial charge is 0.366 e. The van der Waals surface area contributed by atoms with E-state index in [1.165, 1.54) is 16.7 Å². The summed E-state index contributed by atoms with van der Waals surface area (Å²) in [6.45, 7) is 7.34. The molecule has 176 valence electrons. The molecule has 0 aliphatic carbocycles. The van der Waals surface area contributed by atoms with Gasteiger partial charge in [0.05, 0.1) is 16.3 Å². The van der Waals surface area contributed by atoms with Crippen LogP contribution in [0, 0.1) is 13.8 Å². The second kappa shape index (κ2) is 8.20. The Balaban J connectivity index is 1.47. The zero-order valence-electron chi connectivity index (χ0n) is 20.3. The lowest BCUT2D eigenvalue weighted by Crippen LogP contribution is -2.19. The number of anilines is 1. The molecule has 0 spiro atoms. The number of rotatable bonds is 4. The number of thiophene rings is 1. The van der Waals surface area contributed by atoms with Gasteiger partial charge in [-0.25, -0.2) is 0 Å². The Hall–Kier alpha value is -3.71. The van der Waals surface area contributed by atoms with Crippen LogP contribution in [0.2, 0.25) is 0 Å². The SMILES string of the molecule is CC(=O)c1ccc(-c2ccc(C)c3[nH]c(C4=NCNc5cc(C)c(C6C=NN(C)C6)cc54)cc23)s1. The van der Waals surface area contributed by atoms with E-state index in [1.54, 1.807) is 18.3 Å². The minimum Gasteiger partial charge on any atom is -0.366 e. The first-order chi connectivity index (χ1) is 16.9. The highest BCUT2D eigenvalue weighted by Gasteiger charge is 2.24. The van der Waals surface area contributed by atoms with E-state index in [0.717, 1.165) is 55.4 Å². The Morgan fingerprint density at radius 3 is 2.69 bits per heavy atom. The van der Waals surface area contributed by atoms with Crippen LogP contribution < -0.4 is 5.32 Å². The van der Waals surface area contributed by atoms with Gasteiger partial charge in [-0.15, -0.1) is 11.3 Å². The monoisotopic (exact) mass is 481 g/mol. The fourth-order valence-corrected chi connectivity index (χ4v) is 6.05. The van der Waals surface area contributed by atoms with Crippen molar-refractivity contribution in [2.24, 2.45) is 10.1 Å². The first-order valence-corrected chi connectivity index (χ1v) is 12.6. The molecule has 0 radical (unpaired) electrons. The number of aryl methyl sites for hydroxylation is 2. The first-order valence-electron chi connectivity index (χ1n) is 11.8. The molecule has 2 aromatic carbocycles. The van der Waals surface area contributed by atoms with Crippen LogP contribution in [-0.2, 0) is 0 Å². The van der Waals surface area contributed by atoms with Crippen LogP contribution in [0.25, 0.3) is 21.3 Å². The van der Waals surface area contributed by atoms with Crippen molar-refractivity contribution in [3.63, 3.8) is 0 Å². The molecule has 0 amide bonds. The first kappa shape index (κ1) is 21.8. The number of H-pyrrole nitrogens is 1. The maximum atomic E-state index is 11.9. The summed E-state index contributed by atoms with van der Waals surface area (Å²) in [4.78, 5) is 22.3. The number of nitrogens with zero attached hydrogens (tertiary/aromatic N) is 3. The van der Waals surface area contributed by atoms with Gasteiger partial charge in [-0.2, -0.15) is 5.10 Å². The second-order valence-electron chi connectivity index (χ2n) is 9.43. The smallest absolute Gasteiger partial charge is 0.169 e. The van der Waals surface area contributed by atoms with E-state index in [4.69, 9.17) is 4.99 Å². The van der Waals surface area contributed by atoms with Gasteiger partial charge in [0.2, 0.25) is 0 Å². The molecule has 1 unspecified atom stereocenters. The third-order valence-electron chi connectivity index (χ3n) is 6.95. The van der Waals surface area contributed by atoms with E-state index in [1.807, 2.05) is 30.4 Å². The van der Waals surface area contributed by atoms with Crippen molar-refractivity contribution in [2.45, 2.75) is 26.7 Å². The summed E-state index contributed by atoms with van der Waals surface area (Å²) in [5.74, 6) is 0.379. The predicted octanol–water partition coefficient (Wildman–Crippen LogP) is 5.95. The summed E-state index contributed by atoms with van der Waals surface area (Å²) in [5, 5.41) is 11.0. The molecule has 2 N–H and O–H groups in total. The maximum absolute atomic E-state index is 11.9. The fraction of sp³-hybridized carbons (Fsp3) is 0.250. The molecule has 0 fully saturated rings. The third-order valence-corrected chi connectivity index (χ3v) is 8.17. The molecular formula is C28H27N5OS. The number of aromatic amines is 1. The summed E-state index contributed by atoms with van der Waals surface area (Å²) in [6.07, 6.45) is 2.04. The third kappa shape index (κ3) is 3.67. The number of fused-ring (bicyclic) bond motifs is 2. The van der Waals surface area contributed by atoms with E-state index in [-0.39, 0.29) is 11.7 Å². The number of aliphatic imine (C=N–C) groups is 1. The quantitative estimate of drug-likeness (QED) is 0.354. The van der Waals surface area contributed by atoms with Gasteiger partial charge in [0.25, 0.3) is 0 Å². The van der Waals surface area contributed by atoms with E-state index < -0.39 is 0 Å². The minimum absolute atomic E-state index is 0.102. The van der Waals surface area contributed by atoms with Crippen molar-refractivity contribution in [1.82, 2.24) is 9.99 Å². The van der Waals surface area contributed by atoms with Crippen LogP contribution in [-0.4, -0.2) is 48.0 Å². The molecule has 2 aromatic heterocycles. The van der Waals surface area contributed by atoms with Gasteiger partial charge >= 0.3 is 0 Å². The molecule has 35 heavy (non-hydrogen) atoms. The van der Waals surface area contributed by atoms with Crippen LogP contribution in [0.15, 0.2) is 52.6 Å². The zero-order chi connectivity index (χ0) is 24.3. The number of nitrogens with one attached hydrogen (secondary N) is 2. The van der Waals surface area contributed by atoms with Crippen molar-refractivity contribution in [3.05, 3.63) is 75.3 Å². The number of Topliss-reactive ketones (excluding diaryl/α,β-unsaturated/α-hetero) is 1. The van der Waals surface area contributed by atoms with Gasteiger partial charge < -0.3 is 10.3 Å². The zero-order valence-corrected chi connectivity index (χ0v) is 21.1. The summed E-state index contributed by atoms with van der Waals surface area (Å²) in [6, 6.07) is 15.0. The molecule has 1 atom stereocenters. The maximum Gasteiger partial charge on any atom is 0.169 e. The van der Waals surface area contributed by atoms with Crippen molar-refractivity contribution < 1.29 is 4.79 Å². The number of benzene rings is 2. The van der Waals surface area contributed by atoms with Crippen LogP contribution >= 0.6 is 11.3 Å². The number of likely N-dealkylation sites (N-methyl/N-ethyl adjacent to an activating group) is 1. The number of aromatic nitrogens is 1. The molecule has 6 nitrogen and oxygen atoms in total. The molecule has 4 aromatic rings. The highest BCUT2D eigenvalue weighted by molar-refractivity contribution is 7.17. The van der Waals surface area contributed by atoms with E-state index in [0.29, 0.717) is 6.67 Å². The summed E-state index contributed by atoms with van der Waals surface area (Å²) >= 11 is 1.55. The number of carbonyl (C=O) groups excluding carboxylic acids is 1. The van der Waals surface area contributed by atoms with E-state index in [9.17, 15) is 4.79 Å². The van der Waals surface area contributed by atoms with Gasteiger partial charge in [-0.1, -0.05) is 12.1 Å². The van der Waals surface area contributed by atoms with E-state index >= 15 is 0 Å². The van der Waals surface area contributed by atoms with Crippen LogP contribution in [0.4, 0.5) is 5.69 Å². The Bertz CT molecular complexity index is 1560. The molecular weight excluding hydrogens is 454 g/mol. The number of hydrogen-bond donors (Lipinski definition) is 2. The molecule has 0 saturated carbocycles. The van der Waals surface area contributed by atoms with Gasteiger partial charge in [0.15, 0.2) is 5.78 Å². The highest BCUT2D eigenvalue weighted by Crippen LogP contribution is 2.37. The summed E-state index contributed by atoms with van der Waals surface area (Å²) in [5.41, 5.74) is 10.2. The van der Waals surface area contributed by atoms with Crippen LogP contribution in [0.5, 0.6) is 0 Å². The van der Waals surface area contributed by atoms with Crippen LogP contribution in [0.3, 0.4) is 0 Å². The summed E-state index contributed by atoms with van der Waals surface area (Å²) in [7, 11) is 2.01. The number of hydrogen-bond acceptors (Lipinski definition) is 6. The Morgan fingerprint density at radius 2 is 1.94 bits per heavy atom. The normalized spacial score (nSPS) is 17.0. The predicted molar refractivity (Wildman–Crippen MR) is 146 cm³/mol. The van der Waals surface area contributed by atoms with Crippen molar-refractivity contribution in [1.29, 1.82) is 0 Å². The molecule has 4 heterocycles. The number of carbonyl (C=O) groups is 1. The van der Waals surface area contributed by atoms with E-state index in [2.05, 4.69) is 59.6 Å². The lowest BCUT2D eigenvalue weighted by molar-refractivity contribution is 0.102. The van der Waals surface area contributed by atoms with Gasteiger partial charge in [0, 0.05) is 58.3 Å². The Labute approximate surface area is 208 Å².